The largest absolute Gasteiger partial charge is 0.375 e. The number of nitrogens with two attached hydrogens (primary N) is 1. The van der Waals surface area contributed by atoms with Crippen molar-refractivity contribution in [3.8, 4) is 0 Å². The van der Waals surface area contributed by atoms with E-state index >= 15 is 0 Å². The van der Waals surface area contributed by atoms with Gasteiger partial charge in [0.25, 0.3) is 0 Å². The molecule has 0 spiro atoms. The first-order chi connectivity index (χ1) is 8.54. The molecular weight excluding hydrogens is 290 g/mol. The summed E-state index contributed by atoms with van der Waals surface area (Å²) in [6.45, 7) is 1.93. The molecule has 0 aliphatic heterocycles. The number of thiophene rings is 1. The molecule has 7 heteroatoms. The highest BCUT2D eigenvalue weighted by molar-refractivity contribution is 7.16. The Balaban J connectivity index is 1.91. The number of hydrogen-bond acceptors (Lipinski definition) is 5. The average Bonchev–Trinajstić information content (AvgIpc) is 2.87. The zero-order valence-electron chi connectivity index (χ0n) is 9.64. The number of halogens is 1. The molecule has 2 aromatic heterocycles. The van der Waals surface area contributed by atoms with Crippen molar-refractivity contribution in [2.75, 3.05) is 5.73 Å². The number of anilines is 1. The van der Waals surface area contributed by atoms with Crippen LogP contribution >= 0.6 is 34.3 Å². The number of carbonyl (C=O) groups is 1. The monoisotopic (exact) mass is 301 g/mol. The van der Waals surface area contributed by atoms with Gasteiger partial charge in [0, 0.05) is 10.3 Å². The second-order valence-electron chi connectivity index (χ2n) is 3.78. The van der Waals surface area contributed by atoms with Gasteiger partial charge in [-0.15, -0.1) is 22.7 Å². The molecule has 1 amide bonds. The Morgan fingerprint density at radius 3 is 2.94 bits per heavy atom. The van der Waals surface area contributed by atoms with Crippen LogP contribution in [-0.2, 0) is 11.2 Å². The SMILES string of the molecule is CC(NC(=O)Cc1csc(N)n1)c1ccc(Cl)s1. The molecule has 0 bridgehead atoms. The van der Waals surface area contributed by atoms with E-state index in [-0.39, 0.29) is 18.4 Å². The first-order valence-corrected chi connectivity index (χ1v) is 7.36. The minimum atomic E-state index is -0.0719. The van der Waals surface area contributed by atoms with E-state index in [2.05, 4.69) is 10.3 Å². The van der Waals surface area contributed by atoms with Gasteiger partial charge in [-0.2, -0.15) is 0 Å². The topological polar surface area (TPSA) is 68.0 Å². The number of aromatic nitrogens is 1. The molecule has 0 aliphatic carbocycles. The lowest BCUT2D eigenvalue weighted by Crippen LogP contribution is -2.27. The Morgan fingerprint density at radius 2 is 2.39 bits per heavy atom. The molecule has 0 aromatic carbocycles. The fraction of sp³-hybridized carbons (Fsp3) is 0.273. The summed E-state index contributed by atoms with van der Waals surface area (Å²) in [5.41, 5.74) is 6.21. The summed E-state index contributed by atoms with van der Waals surface area (Å²) in [7, 11) is 0. The van der Waals surface area contributed by atoms with Gasteiger partial charge in [0.2, 0.25) is 5.91 Å². The maximum absolute atomic E-state index is 11.8. The lowest BCUT2D eigenvalue weighted by molar-refractivity contribution is -0.121. The van der Waals surface area contributed by atoms with Gasteiger partial charge in [-0.25, -0.2) is 4.98 Å². The number of nitrogens with one attached hydrogen (secondary N) is 1. The van der Waals surface area contributed by atoms with Crippen molar-refractivity contribution >= 4 is 45.3 Å². The summed E-state index contributed by atoms with van der Waals surface area (Å²) in [5, 5.41) is 5.18. The minimum Gasteiger partial charge on any atom is -0.375 e. The zero-order valence-corrected chi connectivity index (χ0v) is 12.0. The van der Waals surface area contributed by atoms with Crippen LogP contribution in [0.1, 0.15) is 23.5 Å². The minimum absolute atomic E-state index is 0.0500. The van der Waals surface area contributed by atoms with Crippen LogP contribution in [0.4, 0.5) is 5.13 Å². The second-order valence-corrected chi connectivity index (χ2v) is 6.42. The highest BCUT2D eigenvalue weighted by Crippen LogP contribution is 2.26. The van der Waals surface area contributed by atoms with Gasteiger partial charge < -0.3 is 11.1 Å². The maximum Gasteiger partial charge on any atom is 0.226 e. The van der Waals surface area contributed by atoms with Crippen molar-refractivity contribution in [3.63, 3.8) is 0 Å². The van der Waals surface area contributed by atoms with Gasteiger partial charge in [-0.3, -0.25) is 4.79 Å². The highest BCUT2D eigenvalue weighted by atomic mass is 35.5. The van der Waals surface area contributed by atoms with Crippen LogP contribution in [0.5, 0.6) is 0 Å². The first kappa shape index (κ1) is 13.3. The number of nitrogens with zero attached hydrogens (tertiary/aromatic N) is 1. The number of nitrogen functional groups attached to an aromatic ring is 1. The van der Waals surface area contributed by atoms with E-state index in [9.17, 15) is 4.79 Å². The second kappa shape index (κ2) is 5.69. The third kappa shape index (κ3) is 3.44. The maximum atomic E-state index is 11.8. The van der Waals surface area contributed by atoms with Gasteiger partial charge in [0.1, 0.15) is 0 Å². The van der Waals surface area contributed by atoms with Crippen LogP contribution in [0.2, 0.25) is 4.34 Å². The molecule has 0 radical (unpaired) electrons. The molecule has 18 heavy (non-hydrogen) atoms. The Morgan fingerprint density at radius 1 is 1.61 bits per heavy atom. The fourth-order valence-corrected chi connectivity index (χ4v) is 3.12. The predicted molar refractivity (Wildman–Crippen MR) is 76.1 cm³/mol. The molecule has 2 rings (SSSR count). The van der Waals surface area contributed by atoms with E-state index in [4.69, 9.17) is 17.3 Å². The predicted octanol–water partition coefficient (Wildman–Crippen LogP) is 2.86. The van der Waals surface area contributed by atoms with E-state index < -0.39 is 0 Å². The quantitative estimate of drug-likeness (QED) is 0.912. The van der Waals surface area contributed by atoms with E-state index in [1.165, 1.54) is 22.7 Å². The Hall–Kier alpha value is -1.11. The van der Waals surface area contributed by atoms with Crippen LogP contribution in [0.25, 0.3) is 0 Å². The summed E-state index contributed by atoms with van der Waals surface area (Å²) in [5.74, 6) is -0.0719. The van der Waals surface area contributed by atoms with Gasteiger partial charge in [0.05, 0.1) is 22.5 Å². The molecule has 0 fully saturated rings. The third-order valence-corrected chi connectivity index (χ3v) is 4.45. The smallest absolute Gasteiger partial charge is 0.226 e. The summed E-state index contributed by atoms with van der Waals surface area (Å²) in [6.07, 6.45) is 0.247. The number of thiazole rings is 1. The fourth-order valence-electron chi connectivity index (χ4n) is 1.49. The van der Waals surface area contributed by atoms with E-state index in [0.29, 0.717) is 10.8 Å². The Kier molecular flexibility index (Phi) is 4.21. The van der Waals surface area contributed by atoms with Crippen molar-refractivity contribution < 1.29 is 4.79 Å². The molecule has 2 heterocycles. The zero-order chi connectivity index (χ0) is 13.1. The lowest BCUT2D eigenvalue weighted by atomic mass is 10.2. The number of hydrogen-bond donors (Lipinski definition) is 2. The Bertz CT molecular complexity index is 552. The molecule has 1 unspecified atom stereocenters. The molecule has 0 saturated carbocycles. The van der Waals surface area contributed by atoms with Crippen LogP contribution in [0.3, 0.4) is 0 Å². The molecule has 0 aliphatic rings. The number of rotatable bonds is 4. The normalized spacial score (nSPS) is 12.3. The molecule has 2 aromatic rings. The van der Waals surface area contributed by atoms with E-state index in [0.717, 1.165) is 9.21 Å². The summed E-state index contributed by atoms with van der Waals surface area (Å²) in [4.78, 5) is 16.9. The van der Waals surface area contributed by atoms with Crippen molar-refractivity contribution in [2.45, 2.75) is 19.4 Å². The highest BCUT2D eigenvalue weighted by Gasteiger charge is 2.13. The molecule has 3 N–H and O–H groups in total. The molecule has 0 saturated heterocycles. The van der Waals surface area contributed by atoms with Crippen molar-refractivity contribution in [1.29, 1.82) is 0 Å². The summed E-state index contributed by atoms with van der Waals surface area (Å²) < 4.78 is 0.721. The summed E-state index contributed by atoms with van der Waals surface area (Å²) in [6, 6.07) is 3.69. The molecular formula is C11H12ClN3OS2. The molecule has 96 valence electrons. The van der Waals surface area contributed by atoms with Crippen LogP contribution in [0.15, 0.2) is 17.5 Å². The standard InChI is InChI=1S/C11H12ClN3OS2/c1-6(8-2-3-9(12)18-8)14-10(16)4-7-5-17-11(13)15-7/h2-3,5-6H,4H2,1H3,(H2,13,15)(H,14,16). The van der Waals surface area contributed by atoms with E-state index in [1.807, 2.05) is 19.1 Å². The van der Waals surface area contributed by atoms with Gasteiger partial charge in [-0.1, -0.05) is 11.6 Å². The van der Waals surface area contributed by atoms with Crippen molar-refractivity contribution in [2.24, 2.45) is 0 Å². The van der Waals surface area contributed by atoms with Crippen LogP contribution in [0, 0.1) is 0 Å². The average molecular weight is 302 g/mol. The third-order valence-electron chi connectivity index (χ3n) is 2.31. The molecule has 4 nitrogen and oxygen atoms in total. The van der Waals surface area contributed by atoms with E-state index in [1.54, 1.807) is 5.38 Å². The molecule has 1 atom stereocenters. The van der Waals surface area contributed by atoms with Gasteiger partial charge in [-0.05, 0) is 19.1 Å². The number of amides is 1. The van der Waals surface area contributed by atoms with Gasteiger partial charge in [0.15, 0.2) is 5.13 Å². The van der Waals surface area contributed by atoms with Crippen molar-refractivity contribution in [3.05, 3.63) is 32.4 Å². The van der Waals surface area contributed by atoms with Crippen LogP contribution < -0.4 is 11.1 Å². The Labute approximate surface area is 118 Å². The number of carbonyl (C=O) groups excluding carboxylic acids is 1. The summed E-state index contributed by atoms with van der Waals surface area (Å²) >= 11 is 8.66. The first-order valence-electron chi connectivity index (χ1n) is 5.29. The van der Waals surface area contributed by atoms with Crippen molar-refractivity contribution in [1.82, 2.24) is 10.3 Å². The van der Waals surface area contributed by atoms with Crippen LogP contribution in [-0.4, -0.2) is 10.9 Å². The van der Waals surface area contributed by atoms with Gasteiger partial charge >= 0.3 is 0 Å². The lowest BCUT2D eigenvalue weighted by Gasteiger charge is -2.11.